The van der Waals surface area contributed by atoms with Crippen LogP contribution >= 0.6 is 0 Å². The van der Waals surface area contributed by atoms with Crippen molar-refractivity contribution in [2.75, 3.05) is 13.2 Å². The largest absolute Gasteiger partial charge is 0.449 e. The molecule has 0 spiro atoms. The van der Waals surface area contributed by atoms with Crippen LogP contribution in [0.1, 0.15) is 35.1 Å². The standard InChI is InChI=1S/C26H25N3O4/c30-24(25(31)20-10-5-11-23-21(20)14-28-29-23)12-13-27-26(32)33-15-22-18-8-3-1-6-16(18)17-7-2-4-9-19(17)22/h1-11,14,22,24-25,30-31H,12-13,15H2,(H,27,32)(H,28,29). The van der Waals surface area contributed by atoms with E-state index < -0.39 is 18.3 Å². The van der Waals surface area contributed by atoms with Gasteiger partial charge in [-0.3, -0.25) is 5.10 Å². The van der Waals surface area contributed by atoms with Crippen molar-refractivity contribution < 1.29 is 19.7 Å². The Hall–Kier alpha value is -3.68. The molecule has 1 aliphatic rings. The van der Waals surface area contributed by atoms with Crippen molar-refractivity contribution in [3.8, 4) is 11.1 Å². The van der Waals surface area contributed by atoms with Crippen molar-refractivity contribution in [2.24, 2.45) is 0 Å². The third-order valence-electron chi connectivity index (χ3n) is 6.25. The molecule has 1 aromatic heterocycles. The van der Waals surface area contributed by atoms with Gasteiger partial charge in [-0.15, -0.1) is 0 Å². The van der Waals surface area contributed by atoms with Gasteiger partial charge < -0.3 is 20.3 Å². The van der Waals surface area contributed by atoms with Crippen LogP contribution in [0.2, 0.25) is 0 Å². The number of aromatic nitrogens is 2. The van der Waals surface area contributed by atoms with E-state index in [1.165, 1.54) is 11.1 Å². The Kier molecular flexibility index (Phi) is 5.81. The van der Waals surface area contributed by atoms with Gasteiger partial charge in [0.05, 0.1) is 17.8 Å². The van der Waals surface area contributed by atoms with E-state index in [2.05, 4.69) is 39.8 Å². The van der Waals surface area contributed by atoms with Gasteiger partial charge in [0.2, 0.25) is 0 Å². The second-order valence-electron chi connectivity index (χ2n) is 8.23. The molecule has 168 valence electrons. The number of carbonyl (C=O) groups is 1. The molecule has 0 bridgehead atoms. The molecule has 0 saturated heterocycles. The summed E-state index contributed by atoms with van der Waals surface area (Å²) in [5.41, 5.74) is 6.03. The van der Waals surface area contributed by atoms with E-state index in [0.29, 0.717) is 5.56 Å². The van der Waals surface area contributed by atoms with E-state index in [-0.39, 0.29) is 25.5 Å². The fourth-order valence-corrected chi connectivity index (χ4v) is 4.59. The molecule has 0 radical (unpaired) electrons. The first kappa shape index (κ1) is 21.2. The number of benzene rings is 3. The number of aliphatic hydroxyl groups is 2. The number of ether oxygens (including phenoxy) is 1. The van der Waals surface area contributed by atoms with Crippen LogP contribution in [0.5, 0.6) is 0 Å². The zero-order valence-electron chi connectivity index (χ0n) is 17.9. The lowest BCUT2D eigenvalue weighted by Crippen LogP contribution is -2.30. The maximum absolute atomic E-state index is 12.3. The number of H-pyrrole nitrogens is 1. The Balaban J connectivity index is 1.15. The molecule has 7 heteroatoms. The minimum Gasteiger partial charge on any atom is -0.449 e. The van der Waals surface area contributed by atoms with Crippen LogP contribution in [0.15, 0.2) is 72.9 Å². The van der Waals surface area contributed by atoms with E-state index in [9.17, 15) is 15.0 Å². The van der Waals surface area contributed by atoms with Gasteiger partial charge in [0, 0.05) is 17.8 Å². The number of fused-ring (bicyclic) bond motifs is 4. The first-order valence-corrected chi connectivity index (χ1v) is 11.0. The topological polar surface area (TPSA) is 107 Å². The molecule has 4 aromatic rings. The monoisotopic (exact) mass is 443 g/mol. The van der Waals surface area contributed by atoms with Crippen LogP contribution in [0.25, 0.3) is 22.0 Å². The lowest BCUT2D eigenvalue weighted by molar-refractivity contribution is 0.0145. The van der Waals surface area contributed by atoms with Crippen LogP contribution in [0.4, 0.5) is 4.79 Å². The van der Waals surface area contributed by atoms with Crippen LogP contribution in [-0.2, 0) is 4.74 Å². The van der Waals surface area contributed by atoms with Crippen LogP contribution in [0, 0.1) is 0 Å². The highest BCUT2D eigenvalue weighted by Crippen LogP contribution is 2.44. The number of hydrogen-bond acceptors (Lipinski definition) is 5. The number of rotatable bonds is 7. The fourth-order valence-electron chi connectivity index (χ4n) is 4.59. The molecule has 0 saturated carbocycles. The number of hydrogen-bond donors (Lipinski definition) is 4. The molecule has 5 rings (SSSR count). The molecular formula is C26H25N3O4. The van der Waals surface area contributed by atoms with Gasteiger partial charge in [-0.05, 0) is 40.3 Å². The highest BCUT2D eigenvalue weighted by molar-refractivity contribution is 5.82. The zero-order valence-corrected chi connectivity index (χ0v) is 17.9. The van der Waals surface area contributed by atoms with Crippen molar-refractivity contribution in [3.05, 3.63) is 89.6 Å². The molecule has 1 aliphatic carbocycles. The summed E-state index contributed by atoms with van der Waals surface area (Å²) < 4.78 is 5.51. The Morgan fingerprint density at radius 3 is 2.42 bits per heavy atom. The molecule has 33 heavy (non-hydrogen) atoms. The first-order valence-electron chi connectivity index (χ1n) is 11.0. The summed E-state index contributed by atoms with van der Waals surface area (Å²) in [6.45, 7) is 0.407. The highest BCUT2D eigenvalue weighted by atomic mass is 16.5. The highest BCUT2D eigenvalue weighted by Gasteiger charge is 2.29. The van der Waals surface area contributed by atoms with E-state index in [4.69, 9.17) is 4.74 Å². The summed E-state index contributed by atoms with van der Waals surface area (Å²) in [7, 11) is 0. The lowest BCUT2D eigenvalue weighted by atomic mass is 9.98. The minimum atomic E-state index is -1.09. The molecule has 1 amide bonds. The van der Waals surface area contributed by atoms with Crippen molar-refractivity contribution >= 4 is 17.0 Å². The molecule has 0 aliphatic heterocycles. The number of aliphatic hydroxyl groups excluding tert-OH is 2. The van der Waals surface area contributed by atoms with Gasteiger partial charge in [0.15, 0.2) is 0 Å². The second-order valence-corrected chi connectivity index (χ2v) is 8.23. The maximum Gasteiger partial charge on any atom is 0.407 e. The molecule has 0 fully saturated rings. The summed E-state index contributed by atoms with van der Waals surface area (Å²) in [5.74, 6) is -0.00832. The summed E-state index contributed by atoms with van der Waals surface area (Å²) in [6.07, 6.45) is -0.875. The molecular weight excluding hydrogens is 418 g/mol. The van der Waals surface area contributed by atoms with Crippen LogP contribution in [0.3, 0.4) is 0 Å². The van der Waals surface area contributed by atoms with Gasteiger partial charge in [-0.2, -0.15) is 5.10 Å². The fraction of sp³-hybridized carbons (Fsp3) is 0.231. The summed E-state index contributed by atoms with van der Waals surface area (Å²) in [6, 6.07) is 21.7. The summed E-state index contributed by atoms with van der Waals surface area (Å²) >= 11 is 0. The molecule has 1 heterocycles. The number of amides is 1. The van der Waals surface area contributed by atoms with Crippen molar-refractivity contribution in [2.45, 2.75) is 24.5 Å². The van der Waals surface area contributed by atoms with E-state index in [1.54, 1.807) is 18.3 Å². The van der Waals surface area contributed by atoms with E-state index in [0.717, 1.165) is 22.0 Å². The van der Waals surface area contributed by atoms with E-state index in [1.807, 2.05) is 30.3 Å². The average molecular weight is 444 g/mol. The van der Waals surface area contributed by atoms with Gasteiger partial charge in [-0.25, -0.2) is 4.79 Å². The van der Waals surface area contributed by atoms with Gasteiger partial charge >= 0.3 is 6.09 Å². The molecule has 7 nitrogen and oxygen atoms in total. The quantitative estimate of drug-likeness (QED) is 0.347. The number of nitrogens with zero attached hydrogens (tertiary/aromatic N) is 1. The van der Waals surface area contributed by atoms with Crippen molar-refractivity contribution in [1.82, 2.24) is 15.5 Å². The number of alkyl carbamates (subject to hydrolysis) is 1. The molecule has 2 atom stereocenters. The zero-order chi connectivity index (χ0) is 22.8. The normalized spacial score (nSPS) is 14.5. The molecule has 2 unspecified atom stereocenters. The van der Waals surface area contributed by atoms with Gasteiger partial charge in [-0.1, -0.05) is 60.7 Å². The average Bonchev–Trinajstić information content (AvgIpc) is 3.45. The molecule has 4 N–H and O–H groups in total. The minimum absolute atomic E-state index is 0.00832. The first-order chi connectivity index (χ1) is 16.1. The van der Waals surface area contributed by atoms with Crippen LogP contribution < -0.4 is 5.32 Å². The van der Waals surface area contributed by atoms with Gasteiger partial charge in [0.1, 0.15) is 12.7 Å². The lowest BCUT2D eigenvalue weighted by Gasteiger charge is -2.19. The summed E-state index contributed by atoms with van der Waals surface area (Å²) in [4.78, 5) is 12.3. The number of carbonyl (C=O) groups excluding carboxylic acids is 1. The Bertz CT molecular complexity index is 1240. The second kappa shape index (κ2) is 9.05. The van der Waals surface area contributed by atoms with Crippen molar-refractivity contribution in [3.63, 3.8) is 0 Å². The Morgan fingerprint density at radius 2 is 1.70 bits per heavy atom. The van der Waals surface area contributed by atoms with Crippen LogP contribution in [-0.4, -0.2) is 45.8 Å². The van der Waals surface area contributed by atoms with E-state index >= 15 is 0 Å². The predicted molar refractivity (Wildman–Crippen MR) is 125 cm³/mol. The SMILES string of the molecule is O=C(NCCC(O)C(O)c1cccc2[nH]ncc12)OCC1c2ccccc2-c2ccccc21. The third-order valence-corrected chi connectivity index (χ3v) is 6.25. The molecule has 3 aromatic carbocycles. The number of nitrogens with one attached hydrogen (secondary N) is 2. The smallest absolute Gasteiger partial charge is 0.407 e. The number of aromatic amines is 1. The Labute approximate surface area is 191 Å². The summed E-state index contributed by atoms with van der Waals surface area (Å²) in [5, 5.41) is 31.3. The maximum atomic E-state index is 12.3. The Morgan fingerprint density at radius 1 is 1.00 bits per heavy atom. The predicted octanol–water partition coefficient (Wildman–Crippen LogP) is 3.89. The van der Waals surface area contributed by atoms with Crippen molar-refractivity contribution in [1.29, 1.82) is 0 Å². The third kappa shape index (κ3) is 4.08. The van der Waals surface area contributed by atoms with Gasteiger partial charge in [0.25, 0.3) is 0 Å².